The van der Waals surface area contributed by atoms with Gasteiger partial charge in [0.1, 0.15) is 0 Å². The van der Waals surface area contributed by atoms with E-state index >= 15 is 0 Å². The smallest absolute Gasteiger partial charge is 0.223 e. The Morgan fingerprint density at radius 3 is 2.48 bits per heavy atom. The summed E-state index contributed by atoms with van der Waals surface area (Å²) < 4.78 is 31.0. The van der Waals surface area contributed by atoms with Gasteiger partial charge in [0.05, 0.1) is 25.0 Å². The molecule has 2 aliphatic rings. The summed E-state index contributed by atoms with van der Waals surface area (Å²) >= 11 is 6.44. The Morgan fingerprint density at radius 2 is 1.86 bits per heavy atom. The Bertz CT molecular complexity index is 791. The van der Waals surface area contributed by atoms with Crippen LogP contribution in [0.2, 0.25) is 5.02 Å². The topological polar surface area (TPSA) is 79.0 Å². The number of carbonyl (C=O) groups excluding carboxylic acids is 1. The predicted octanol–water partition coefficient (Wildman–Crippen LogP) is 1.89. The molecule has 0 aliphatic carbocycles. The lowest BCUT2D eigenvalue weighted by Crippen LogP contribution is -2.47. The third kappa shape index (κ3) is 5.70. The van der Waals surface area contributed by atoms with Crippen LogP contribution >= 0.6 is 11.6 Å². The molecule has 9 heteroatoms. The highest BCUT2D eigenvalue weighted by Crippen LogP contribution is 2.28. The lowest BCUT2D eigenvalue weighted by Gasteiger charge is -2.36. The maximum atomic E-state index is 12.8. The van der Waals surface area contributed by atoms with E-state index in [1.807, 2.05) is 24.3 Å². The van der Waals surface area contributed by atoms with Crippen molar-refractivity contribution in [2.75, 3.05) is 51.7 Å². The molecule has 7 nitrogen and oxygen atoms in total. The molecule has 1 amide bonds. The van der Waals surface area contributed by atoms with E-state index in [-0.39, 0.29) is 23.6 Å². The zero-order valence-electron chi connectivity index (χ0n) is 16.8. The predicted molar refractivity (Wildman–Crippen MR) is 113 cm³/mol. The number of sulfonamides is 1. The fourth-order valence-electron chi connectivity index (χ4n) is 3.99. The van der Waals surface area contributed by atoms with Gasteiger partial charge in [-0.3, -0.25) is 9.69 Å². The number of nitrogens with zero attached hydrogens (tertiary/aromatic N) is 2. The monoisotopic (exact) mass is 443 g/mol. The number of hydrogen-bond donors (Lipinski definition) is 1. The Balaban J connectivity index is 1.61. The van der Waals surface area contributed by atoms with Gasteiger partial charge in [0.15, 0.2) is 0 Å². The summed E-state index contributed by atoms with van der Waals surface area (Å²) in [7, 11) is -3.18. The van der Waals surface area contributed by atoms with Gasteiger partial charge in [-0.25, -0.2) is 12.7 Å². The zero-order valence-corrected chi connectivity index (χ0v) is 18.4. The highest BCUT2D eigenvalue weighted by Gasteiger charge is 2.31. The highest BCUT2D eigenvalue weighted by atomic mass is 35.5. The summed E-state index contributed by atoms with van der Waals surface area (Å²) in [5.74, 6) is -0.0677. The molecular formula is C20H30ClN3O4S. The molecule has 1 N–H and O–H groups in total. The second-order valence-electron chi connectivity index (χ2n) is 7.50. The summed E-state index contributed by atoms with van der Waals surface area (Å²) in [5, 5.41) is 3.79. The first kappa shape index (κ1) is 22.5. The van der Waals surface area contributed by atoms with Crippen molar-refractivity contribution in [2.45, 2.75) is 25.8 Å². The van der Waals surface area contributed by atoms with Crippen LogP contribution < -0.4 is 5.32 Å². The maximum absolute atomic E-state index is 12.8. The third-order valence-corrected chi connectivity index (χ3v) is 8.03. The number of nitrogens with one attached hydrogen (secondary N) is 1. The summed E-state index contributed by atoms with van der Waals surface area (Å²) in [6.07, 6.45) is 1.11. The van der Waals surface area contributed by atoms with Gasteiger partial charge in [-0.2, -0.15) is 0 Å². The minimum atomic E-state index is -3.18. The second-order valence-corrected chi connectivity index (χ2v) is 10.2. The van der Waals surface area contributed by atoms with Crippen LogP contribution in [0, 0.1) is 5.92 Å². The molecule has 0 radical (unpaired) electrons. The summed E-state index contributed by atoms with van der Waals surface area (Å²) in [6, 6.07) is 7.72. The van der Waals surface area contributed by atoms with Crippen LogP contribution in [0.1, 0.15) is 31.4 Å². The Hall–Kier alpha value is -1.19. The maximum Gasteiger partial charge on any atom is 0.223 e. The standard InChI is InChI=1S/C20H30ClN3O4S/c1-2-29(26,27)24-9-7-16(8-10-24)20(25)22-15-19(23-11-13-28-14-12-23)17-5-3-4-6-18(17)21/h3-6,16,19H,2,7-15H2,1H3,(H,22,25). The molecule has 0 saturated carbocycles. The van der Waals surface area contributed by atoms with Crippen molar-refractivity contribution >= 4 is 27.5 Å². The van der Waals surface area contributed by atoms with Gasteiger partial charge in [-0.15, -0.1) is 0 Å². The van der Waals surface area contributed by atoms with Crippen molar-refractivity contribution in [3.63, 3.8) is 0 Å². The van der Waals surface area contributed by atoms with Crippen LogP contribution in [-0.2, 0) is 19.6 Å². The molecule has 2 heterocycles. The number of ether oxygens (including phenoxy) is 1. The third-order valence-electron chi connectivity index (χ3n) is 5.80. The van der Waals surface area contributed by atoms with E-state index in [2.05, 4.69) is 10.2 Å². The number of morpholine rings is 1. The lowest BCUT2D eigenvalue weighted by molar-refractivity contribution is -0.126. The van der Waals surface area contributed by atoms with E-state index in [0.717, 1.165) is 18.7 Å². The molecular weight excluding hydrogens is 414 g/mol. The molecule has 1 unspecified atom stereocenters. The van der Waals surface area contributed by atoms with Crippen LogP contribution in [0.5, 0.6) is 0 Å². The molecule has 29 heavy (non-hydrogen) atoms. The average molecular weight is 444 g/mol. The molecule has 1 aromatic carbocycles. The zero-order chi connectivity index (χ0) is 20.9. The normalized spacial score (nSPS) is 21.0. The molecule has 0 spiro atoms. The van der Waals surface area contributed by atoms with Crippen molar-refractivity contribution in [3.05, 3.63) is 34.9 Å². The van der Waals surface area contributed by atoms with Crippen LogP contribution in [0.15, 0.2) is 24.3 Å². The number of carbonyl (C=O) groups is 1. The van der Waals surface area contributed by atoms with Crippen molar-refractivity contribution in [1.29, 1.82) is 0 Å². The minimum Gasteiger partial charge on any atom is -0.379 e. The van der Waals surface area contributed by atoms with E-state index in [9.17, 15) is 13.2 Å². The Kier molecular flexibility index (Phi) is 7.92. The van der Waals surface area contributed by atoms with Crippen LogP contribution in [0.3, 0.4) is 0 Å². The first-order chi connectivity index (χ1) is 13.9. The fraction of sp³-hybridized carbons (Fsp3) is 0.650. The van der Waals surface area contributed by atoms with Crippen molar-refractivity contribution < 1.29 is 17.9 Å². The minimum absolute atomic E-state index is 0.0103. The van der Waals surface area contributed by atoms with Gasteiger partial charge >= 0.3 is 0 Å². The van der Waals surface area contributed by atoms with E-state index in [0.29, 0.717) is 50.7 Å². The number of halogens is 1. The molecule has 1 aromatic rings. The highest BCUT2D eigenvalue weighted by molar-refractivity contribution is 7.89. The van der Waals surface area contributed by atoms with Crippen molar-refractivity contribution in [1.82, 2.24) is 14.5 Å². The fourth-order valence-corrected chi connectivity index (χ4v) is 5.38. The second kappa shape index (κ2) is 10.2. The van der Waals surface area contributed by atoms with Crippen molar-refractivity contribution in [2.24, 2.45) is 5.92 Å². The number of piperidine rings is 1. The number of amides is 1. The van der Waals surface area contributed by atoms with Gasteiger partial charge in [0, 0.05) is 43.7 Å². The number of benzene rings is 1. The molecule has 162 valence electrons. The number of rotatable bonds is 7. The van der Waals surface area contributed by atoms with Gasteiger partial charge in [0.25, 0.3) is 0 Å². The quantitative estimate of drug-likeness (QED) is 0.696. The molecule has 0 bridgehead atoms. The van der Waals surface area contributed by atoms with Gasteiger partial charge in [0.2, 0.25) is 15.9 Å². The first-order valence-electron chi connectivity index (χ1n) is 10.2. The van der Waals surface area contributed by atoms with Crippen LogP contribution in [0.4, 0.5) is 0 Å². The van der Waals surface area contributed by atoms with Gasteiger partial charge in [-0.1, -0.05) is 29.8 Å². The molecule has 2 fully saturated rings. The largest absolute Gasteiger partial charge is 0.379 e. The molecule has 0 aromatic heterocycles. The Morgan fingerprint density at radius 1 is 1.21 bits per heavy atom. The summed E-state index contributed by atoms with van der Waals surface area (Å²) in [5.41, 5.74) is 1.00. The molecule has 1 atom stereocenters. The van der Waals surface area contributed by atoms with Crippen LogP contribution in [0.25, 0.3) is 0 Å². The SMILES string of the molecule is CCS(=O)(=O)N1CCC(C(=O)NCC(c2ccccc2Cl)N2CCOCC2)CC1. The summed E-state index contributed by atoms with van der Waals surface area (Å²) in [6.45, 7) is 5.85. The van der Waals surface area contributed by atoms with Crippen molar-refractivity contribution in [3.8, 4) is 0 Å². The Labute approximate surface area is 178 Å². The van der Waals surface area contributed by atoms with E-state index in [1.54, 1.807) is 6.92 Å². The molecule has 2 aliphatic heterocycles. The molecule has 3 rings (SSSR count). The lowest BCUT2D eigenvalue weighted by atomic mass is 9.96. The first-order valence-corrected chi connectivity index (χ1v) is 12.2. The van der Waals surface area contributed by atoms with E-state index in [1.165, 1.54) is 4.31 Å². The van der Waals surface area contributed by atoms with Gasteiger partial charge < -0.3 is 10.1 Å². The van der Waals surface area contributed by atoms with E-state index in [4.69, 9.17) is 16.3 Å². The van der Waals surface area contributed by atoms with Crippen LogP contribution in [-0.4, -0.2) is 75.2 Å². The van der Waals surface area contributed by atoms with Gasteiger partial charge in [-0.05, 0) is 31.4 Å². The summed E-state index contributed by atoms with van der Waals surface area (Å²) in [4.78, 5) is 15.1. The molecule has 2 saturated heterocycles. The van der Waals surface area contributed by atoms with E-state index < -0.39 is 10.0 Å². The number of hydrogen-bond acceptors (Lipinski definition) is 5. The average Bonchev–Trinajstić information content (AvgIpc) is 2.75.